The highest BCUT2D eigenvalue weighted by Crippen LogP contribution is 2.42. The molecule has 1 saturated carbocycles. The fraction of sp³-hybridized carbons (Fsp3) is 0.917. The maximum atomic E-state index is 13.5. The molecule has 0 unspecified atom stereocenters. The summed E-state index contributed by atoms with van der Waals surface area (Å²) in [7, 11) is 0. The van der Waals surface area contributed by atoms with E-state index in [-0.39, 0.29) is 0 Å². The number of hydrogen-bond donors (Lipinski definition) is 1. The van der Waals surface area contributed by atoms with Crippen LogP contribution in [0.4, 0.5) is 8.78 Å². The van der Waals surface area contributed by atoms with Gasteiger partial charge in [0.1, 0.15) is 6.42 Å². The van der Waals surface area contributed by atoms with Crippen LogP contribution in [-0.4, -0.2) is 17.0 Å². The molecule has 1 rings (SSSR count). The zero-order chi connectivity index (χ0) is 12.3. The van der Waals surface area contributed by atoms with Gasteiger partial charge in [0.05, 0.1) is 0 Å². The van der Waals surface area contributed by atoms with E-state index in [0.29, 0.717) is 24.7 Å². The van der Waals surface area contributed by atoms with Crippen molar-refractivity contribution in [3.63, 3.8) is 0 Å². The molecule has 0 aliphatic heterocycles. The van der Waals surface area contributed by atoms with Crippen molar-refractivity contribution in [2.45, 2.75) is 51.9 Å². The molecule has 1 aliphatic carbocycles. The highest BCUT2D eigenvalue weighted by Gasteiger charge is 2.43. The maximum Gasteiger partial charge on any atom is 0.309 e. The van der Waals surface area contributed by atoms with Gasteiger partial charge in [0.2, 0.25) is 0 Å². The zero-order valence-electron chi connectivity index (χ0n) is 9.88. The van der Waals surface area contributed by atoms with Gasteiger partial charge in [-0.3, -0.25) is 4.79 Å². The van der Waals surface area contributed by atoms with Crippen LogP contribution in [0.2, 0.25) is 0 Å². The van der Waals surface area contributed by atoms with Gasteiger partial charge in [0, 0.05) is 5.92 Å². The minimum atomic E-state index is -3.03. The van der Waals surface area contributed by atoms with Gasteiger partial charge < -0.3 is 5.11 Å². The van der Waals surface area contributed by atoms with Crippen molar-refractivity contribution in [3.05, 3.63) is 0 Å². The lowest BCUT2D eigenvalue weighted by molar-refractivity contribution is -0.151. The summed E-state index contributed by atoms with van der Waals surface area (Å²) in [6, 6.07) is 0. The summed E-state index contributed by atoms with van der Waals surface area (Å²) in [5.74, 6) is -4.12. The third-order valence-corrected chi connectivity index (χ3v) is 3.70. The average molecular weight is 234 g/mol. The van der Waals surface area contributed by atoms with Crippen molar-refractivity contribution < 1.29 is 18.7 Å². The fourth-order valence-corrected chi connectivity index (χ4v) is 2.55. The van der Waals surface area contributed by atoms with Crippen molar-refractivity contribution in [2.75, 3.05) is 0 Å². The van der Waals surface area contributed by atoms with E-state index in [1.165, 1.54) is 0 Å². The third kappa shape index (κ3) is 3.42. The Morgan fingerprint density at radius 3 is 2.19 bits per heavy atom. The summed E-state index contributed by atoms with van der Waals surface area (Å²) in [4.78, 5) is 10.4. The van der Waals surface area contributed by atoms with Crippen LogP contribution in [0.15, 0.2) is 0 Å². The molecule has 0 heterocycles. The lowest BCUT2D eigenvalue weighted by atomic mass is 9.74. The normalized spacial score (nSPS) is 27.1. The zero-order valence-corrected chi connectivity index (χ0v) is 9.88. The first-order chi connectivity index (χ1) is 7.33. The molecule has 0 amide bonds. The van der Waals surface area contributed by atoms with Crippen molar-refractivity contribution in [1.29, 1.82) is 0 Å². The number of rotatable bonds is 4. The van der Waals surface area contributed by atoms with Crippen molar-refractivity contribution in [2.24, 2.45) is 17.8 Å². The van der Waals surface area contributed by atoms with E-state index in [4.69, 9.17) is 5.11 Å². The number of hydrogen-bond acceptors (Lipinski definition) is 1. The van der Waals surface area contributed by atoms with Crippen LogP contribution >= 0.6 is 0 Å². The summed E-state index contributed by atoms with van der Waals surface area (Å²) in [6.07, 6.45) is 1.51. The Bertz CT molecular complexity index is 243. The Kier molecular flexibility index (Phi) is 4.28. The van der Waals surface area contributed by atoms with Crippen molar-refractivity contribution >= 4 is 5.97 Å². The molecular weight excluding hydrogens is 214 g/mol. The summed E-state index contributed by atoms with van der Waals surface area (Å²) in [5, 5.41) is 8.44. The molecule has 0 aromatic carbocycles. The molecule has 1 aliphatic rings. The van der Waals surface area contributed by atoms with Crippen LogP contribution in [0.25, 0.3) is 0 Å². The SMILES string of the molecule is CC(C)C1CCC(C(F)(F)CC(=O)O)CC1. The topological polar surface area (TPSA) is 37.3 Å². The molecule has 0 bridgehead atoms. The van der Waals surface area contributed by atoms with Gasteiger partial charge in [-0.2, -0.15) is 0 Å². The van der Waals surface area contributed by atoms with E-state index < -0.39 is 24.2 Å². The van der Waals surface area contributed by atoms with Gasteiger partial charge >= 0.3 is 5.97 Å². The van der Waals surface area contributed by atoms with E-state index in [1.807, 2.05) is 0 Å². The minimum Gasteiger partial charge on any atom is -0.481 e. The number of carbonyl (C=O) groups is 1. The number of aliphatic carboxylic acids is 1. The van der Waals surface area contributed by atoms with Crippen LogP contribution in [0.5, 0.6) is 0 Å². The predicted octanol–water partition coefficient (Wildman–Crippen LogP) is 3.56. The summed E-state index contributed by atoms with van der Waals surface area (Å²) in [5.41, 5.74) is 0. The molecule has 1 N–H and O–H groups in total. The van der Waals surface area contributed by atoms with Crippen molar-refractivity contribution in [3.8, 4) is 0 Å². The molecule has 0 radical (unpaired) electrons. The van der Waals surface area contributed by atoms with Gasteiger partial charge in [0.25, 0.3) is 5.92 Å². The van der Waals surface area contributed by atoms with E-state index in [9.17, 15) is 13.6 Å². The second-order valence-corrected chi connectivity index (χ2v) is 5.19. The lowest BCUT2D eigenvalue weighted by Crippen LogP contribution is -2.34. The monoisotopic (exact) mass is 234 g/mol. The lowest BCUT2D eigenvalue weighted by Gasteiger charge is -2.34. The highest BCUT2D eigenvalue weighted by atomic mass is 19.3. The first kappa shape index (κ1) is 13.4. The fourth-order valence-electron chi connectivity index (χ4n) is 2.55. The first-order valence-electron chi connectivity index (χ1n) is 5.92. The molecule has 0 aromatic heterocycles. The molecule has 1 fully saturated rings. The van der Waals surface area contributed by atoms with Gasteiger partial charge in [0.15, 0.2) is 0 Å². The van der Waals surface area contributed by atoms with Crippen LogP contribution in [0.1, 0.15) is 46.0 Å². The molecule has 0 aromatic rings. The Hall–Kier alpha value is -0.670. The number of halogens is 2. The van der Waals surface area contributed by atoms with Gasteiger partial charge in [-0.05, 0) is 37.5 Å². The van der Waals surface area contributed by atoms with Crippen LogP contribution in [0.3, 0.4) is 0 Å². The minimum absolute atomic E-state index is 0.461. The van der Waals surface area contributed by atoms with E-state index in [1.54, 1.807) is 0 Å². The largest absolute Gasteiger partial charge is 0.481 e. The third-order valence-electron chi connectivity index (χ3n) is 3.70. The Morgan fingerprint density at radius 1 is 1.31 bits per heavy atom. The van der Waals surface area contributed by atoms with Crippen LogP contribution < -0.4 is 0 Å². The molecule has 94 valence electrons. The summed E-state index contributed by atoms with van der Waals surface area (Å²) < 4.78 is 27.0. The number of carboxylic acid groups (broad SMARTS) is 1. The average Bonchev–Trinajstić information content (AvgIpc) is 2.16. The Balaban J connectivity index is 2.49. The van der Waals surface area contributed by atoms with E-state index in [0.717, 1.165) is 12.8 Å². The summed E-state index contributed by atoms with van der Waals surface area (Å²) in [6.45, 7) is 4.22. The molecule has 0 spiro atoms. The highest BCUT2D eigenvalue weighted by molar-refractivity contribution is 5.67. The molecule has 16 heavy (non-hydrogen) atoms. The molecular formula is C12H20F2O2. The second-order valence-electron chi connectivity index (χ2n) is 5.19. The van der Waals surface area contributed by atoms with Gasteiger partial charge in [-0.25, -0.2) is 8.78 Å². The second kappa shape index (κ2) is 5.11. The molecule has 0 saturated heterocycles. The smallest absolute Gasteiger partial charge is 0.309 e. The van der Waals surface area contributed by atoms with Crippen LogP contribution in [-0.2, 0) is 4.79 Å². The number of alkyl halides is 2. The Labute approximate surface area is 95.0 Å². The van der Waals surface area contributed by atoms with E-state index >= 15 is 0 Å². The van der Waals surface area contributed by atoms with Gasteiger partial charge in [-0.1, -0.05) is 13.8 Å². The van der Waals surface area contributed by atoms with E-state index in [2.05, 4.69) is 13.8 Å². The first-order valence-corrected chi connectivity index (χ1v) is 5.92. The van der Waals surface area contributed by atoms with Crippen molar-refractivity contribution in [1.82, 2.24) is 0 Å². The summed E-state index contributed by atoms with van der Waals surface area (Å²) >= 11 is 0. The number of carboxylic acids is 1. The van der Waals surface area contributed by atoms with Crippen LogP contribution in [0, 0.1) is 17.8 Å². The quantitative estimate of drug-likeness (QED) is 0.807. The maximum absolute atomic E-state index is 13.5. The molecule has 4 heteroatoms. The standard InChI is InChI=1S/C12H20F2O2/c1-8(2)9-3-5-10(6-4-9)12(13,14)7-11(15)16/h8-10H,3-7H2,1-2H3,(H,15,16). The molecule has 0 atom stereocenters. The molecule has 2 nitrogen and oxygen atoms in total. The van der Waals surface area contributed by atoms with Gasteiger partial charge in [-0.15, -0.1) is 0 Å². The Morgan fingerprint density at radius 2 is 1.81 bits per heavy atom. The predicted molar refractivity (Wildman–Crippen MR) is 57.5 cm³/mol.